The monoisotopic (exact) mass is 546 g/mol. The van der Waals surface area contributed by atoms with E-state index in [1.165, 1.54) is 12.1 Å². The minimum Gasteiger partial charge on any atom is -0.389 e. The first-order valence-electron chi connectivity index (χ1n) is 12.6. The fourth-order valence-electron chi connectivity index (χ4n) is 4.97. The zero-order valence-corrected chi connectivity index (χ0v) is 22.3. The Hall–Kier alpha value is -3.28. The smallest absolute Gasteiger partial charge is 0.224 e. The molecule has 0 radical (unpaired) electrons. The fraction of sp³-hybridized carbons (Fsp3) is 0.423. The van der Waals surface area contributed by atoms with E-state index in [0.717, 1.165) is 36.8 Å². The van der Waals surface area contributed by atoms with Crippen molar-refractivity contribution in [2.45, 2.75) is 32.4 Å². The third kappa shape index (κ3) is 5.90. The molecule has 4 heterocycles. The number of nitrogens with two attached hydrogens (primary N) is 1. The van der Waals surface area contributed by atoms with Crippen LogP contribution in [0, 0.1) is 11.6 Å². The highest BCUT2D eigenvalue weighted by Crippen LogP contribution is 2.24. The lowest BCUT2D eigenvalue weighted by molar-refractivity contribution is 0.141. The lowest BCUT2D eigenvalue weighted by Crippen LogP contribution is -2.51. The van der Waals surface area contributed by atoms with E-state index in [1.807, 2.05) is 22.1 Å². The minimum atomic E-state index is -0.555. The van der Waals surface area contributed by atoms with Crippen molar-refractivity contribution in [2.75, 3.05) is 54.8 Å². The lowest BCUT2D eigenvalue weighted by atomic mass is 10.1. The van der Waals surface area contributed by atoms with Gasteiger partial charge in [-0.3, -0.25) is 4.90 Å². The molecule has 9 nitrogen and oxygen atoms in total. The van der Waals surface area contributed by atoms with E-state index in [9.17, 15) is 13.9 Å². The van der Waals surface area contributed by atoms with Crippen LogP contribution in [0.2, 0.25) is 0 Å². The molecule has 1 atom stereocenters. The van der Waals surface area contributed by atoms with Crippen molar-refractivity contribution < 1.29 is 13.9 Å². The van der Waals surface area contributed by atoms with Crippen molar-refractivity contribution in [3.63, 3.8) is 0 Å². The van der Waals surface area contributed by atoms with Gasteiger partial charge in [-0.05, 0) is 25.5 Å². The molecule has 3 N–H and O–H groups in total. The van der Waals surface area contributed by atoms with E-state index in [2.05, 4.69) is 46.0 Å². The van der Waals surface area contributed by atoms with Crippen LogP contribution < -0.4 is 15.5 Å². The largest absolute Gasteiger partial charge is 0.389 e. The molecule has 2 aromatic heterocycles. The normalized spacial score (nSPS) is 18.6. The summed E-state index contributed by atoms with van der Waals surface area (Å²) in [5, 5.41) is 14.2. The van der Waals surface area contributed by atoms with Crippen LogP contribution in [-0.4, -0.2) is 81.2 Å². The third-order valence-electron chi connectivity index (χ3n) is 6.97. The molecule has 2 aliphatic heterocycles. The number of piperazine rings is 1. The molecule has 38 heavy (non-hydrogen) atoms. The summed E-state index contributed by atoms with van der Waals surface area (Å²) in [6.07, 6.45) is 6.42. The SMILES string of the molecule is CCc1c(/C=C/CN2CCN(c3cc(F)cc(F)c3)C[C@H]2C)cnn1-c1cc(N2CC(O)C2)nc(N)n1.Cl. The molecule has 0 saturated carbocycles. The van der Waals surface area contributed by atoms with Crippen LogP contribution in [0.15, 0.2) is 36.5 Å². The van der Waals surface area contributed by atoms with E-state index in [0.29, 0.717) is 43.5 Å². The number of anilines is 3. The molecule has 204 valence electrons. The molecule has 0 bridgehead atoms. The standard InChI is InChI=1S/C26H32F2N8O.ClH/c1-3-23-18(13-30-36(23)25-12-24(31-26(29)32-25)35-15-22(37)16-35)5-4-6-33-7-8-34(14-17(33)2)21-10-19(27)9-20(28)11-21;/h4-5,9-13,17,22,37H,3,6-8,14-16H2,1-2H3,(H2,29,31,32);1H/b5-4+;/t17-;/m1./s1. The maximum absolute atomic E-state index is 13.6. The van der Waals surface area contributed by atoms with Gasteiger partial charge in [0.15, 0.2) is 5.82 Å². The number of nitrogens with zero attached hydrogens (tertiary/aromatic N) is 7. The van der Waals surface area contributed by atoms with Crippen LogP contribution in [-0.2, 0) is 6.42 Å². The maximum Gasteiger partial charge on any atom is 0.224 e. The highest BCUT2D eigenvalue weighted by molar-refractivity contribution is 5.85. The molecule has 2 saturated heterocycles. The van der Waals surface area contributed by atoms with Crippen LogP contribution in [0.1, 0.15) is 25.1 Å². The summed E-state index contributed by atoms with van der Waals surface area (Å²) in [6.45, 7) is 8.18. The van der Waals surface area contributed by atoms with Crippen molar-refractivity contribution >= 4 is 35.9 Å². The number of hydrogen-bond donors (Lipinski definition) is 2. The van der Waals surface area contributed by atoms with Crippen LogP contribution in [0.4, 0.5) is 26.2 Å². The average Bonchev–Trinajstić information content (AvgIpc) is 3.25. The predicted molar refractivity (Wildman–Crippen MR) is 147 cm³/mol. The topological polar surface area (TPSA) is 99.6 Å². The Balaban J connectivity index is 0.00000336. The molecule has 0 spiro atoms. The molecular weight excluding hydrogens is 514 g/mol. The molecule has 12 heteroatoms. The van der Waals surface area contributed by atoms with Crippen molar-refractivity contribution in [3.05, 3.63) is 59.4 Å². The second kappa shape index (κ2) is 11.6. The van der Waals surface area contributed by atoms with E-state index < -0.39 is 11.6 Å². The second-order valence-corrected chi connectivity index (χ2v) is 9.63. The highest BCUT2D eigenvalue weighted by atomic mass is 35.5. The Kier molecular flexibility index (Phi) is 8.49. The maximum atomic E-state index is 13.6. The number of aromatic nitrogens is 4. The molecule has 0 unspecified atom stereocenters. The van der Waals surface area contributed by atoms with E-state index >= 15 is 0 Å². The van der Waals surface area contributed by atoms with Crippen LogP contribution in [0.5, 0.6) is 0 Å². The Morgan fingerprint density at radius 1 is 1.03 bits per heavy atom. The number of nitrogen functional groups attached to an aromatic ring is 1. The van der Waals surface area contributed by atoms with Gasteiger partial charge in [-0.1, -0.05) is 19.1 Å². The summed E-state index contributed by atoms with van der Waals surface area (Å²) in [6, 6.07) is 5.73. The zero-order chi connectivity index (χ0) is 26.1. The van der Waals surface area contributed by atoms with Crippen molar-refractivity contribution in [1.82, 2.24) is 24.6 Å². The number of β-amino-alcohol motifs (C(OH)–C–C–N with tert-alkyl or cyclic N) is 1. The number of hydrogen-bond acceptors (Lipinski definition) is 8. The molecule has 2 fully saturated rings. The van der Waals surface area contributed by atoms with Gasteiger partial charge in [0.25, 0.3) is 0 Å². The first kappa shape index (κ1) is 27.7. The molecule has 1 aromatic carbocycles. The fourth-order valence-corrected chi connectivity index (χ4v) is 4.97. The van der Waals surface area contributed by atoms with Gasteiger partial charge in [0.05, 0.1) is 18.0 Å². The molecular formula is C26H33ClF2N8O. The summed E-state index contributed by atoms with van der Waals surface area (Å²) in [4.78, 5) is 15.0. The van der Waals surface area contributed by atoms with Gasteiger partial charge in [0.2, 0.25) is 5.95 Å². The first-order valence-corrected chi connectivity index (χ1v) is 12.6. The van der Waals surface area contributed by atoms with Gasteiger partial charge >= 0.3 is 0 Å². The predicted octanol–water partition coefficient (Wildman–Crippen LogP) is 2.91. The summed E-state index contributed by atoms with van der Waals surface area (Å²) in [7, 11) is 0. The van der Waals surface area contributed by atoms with Crippen molar-refractivity contribution in [2.24, 2.45) is 0 Å². The second-order valence-electron chi connectivity index (χ2n) is 9.63. The van der Waals surface area contributed by atoms with E-state index in [-0.39, 0.29) is 30.5 Å². The molecule has 0 aliphatic carbocycles. The first-order chi connectivity index (χ1) is 17.8. The van der Waals surface area contributed by atoms with Gasteiger partial charge in [0.1, 0.15) is 17.5 Å². The summed E-state index contributed by atoms with van der Waals surface area (Å²) >= 11 is 0. The molecule has 2 aliphatic rings. The quantitative estimate of drug-likeness (QED) is 0.467. The number of aliphatic hydroxyl groups is 1. The number of halogens is 3. The van der Waals surface area contributed by atoms with Gasteiger partial charge in [0, 0.05) is 68.7 Å². The molecule has 5 rings (SSSR count). The Morgan fingerprint density at radius 3 is 2.39 bits per heavy atom. The number of rotatable bonds is 7. The van der Waals surface area contributed by atoms with Crippen molar-refractivity contribution in [1.29, 1.82) is 0 Å². The Morgan fingerprint density at radius 2 is 1.74 bits per heavy atom. The van der Waals surface area contributed by atoms with Crippen LogP contribution >= 0.6 is 12.4 Å². The van der Waals surface area contributed by atoms with Gasteiger partial charge < -0.3 is 20.6 Å². The summed E-state index contributed by atoms with van der Waals surface area (Å²) in [5.41, 5.74) is 8.56. The Labute approximate surface area is 227 Å². The summed E-state index contributed by atoms with van der Waals surface area (Å²) in [5.74, 6) is 0.328. The highest BCUT2D eigenvalue weighted by Gasteiger charge is 2.27. The molecule has 3 aromatic rings. The molecule has 0 amide bonds. The summed E-state index contributed by atoms with van der Waals surface area (Å²) < 4.78 is 29.1. The van der Waals surface area contributed by atoms with Gasteiger partial charge in [-0.25, -0.2) is 13.5 Å². The lowest BCUT2D eigenvalue weighted by Gasteiger charge is -2.40. The third-order valence-corrected chi connectivity index (χ3v) is 6.97. The zero-order valence-electron chi connectivity index (χ0n) is 21.5. The number of benzene rings is 1. The van der Waals surface area contributed by atoms with Crippen LogP contribution in [0.3, 0.4) is 0 Å². The van der Waals surface area contributed by atoms with Crippen molar-refractivity contribution in [3.8, 4) is 5.82 Å². The van der Waals surface area contributed by atoms with E-state index in [1.54, 1.807) is 4.68 Å². The van der Waals surface area contributed by atoms with E-state index in [4.69, 9.17) is 5.73 Å². The Bertz CT molecular complexity index is 1280. The van der Waals surface area contributed by atoms with Gasteiger partial charge in [-0.15, -0.1) is 12.4 Å². The average molecular weight is 547 g/mol. The van der Waals surface area contributed by atoms with Gasteiger partial charge in [-0.2, -0.15) is 15.1 Å². The minimum absolute atomic E-state index is 0. The number of aliphatic hydroxyl groups excluding tert-OH is 1. The van der Waals surface area contributed by atoms with Crippen LogP contribution in [0.25, 0.3) is 11.9 Å².